The number of rotatable bonds is 6. The first kappa shape index (κ1) is 71.4. The minimum atomic E-state index is -0.400. The summed E-state index contributed by atoms with van der Waals surface area (Å²) in [4.78, 5) is 6.84. The van der Waals surface area contributed by atoms with E-state index in [2.05, 4.69) is 219 Å². The lowest BCUT2D eigenvalue weighted by Crippen LogP contribution is -2.27. The van der Waals surface area contributed by atoms with E-state index in [9.17, 15) is 30.6 Å². The maximum atomic E-state index is 13.3. The van der Waals surface area contributed by atoms with Crippen molar-refractivity contribution in [3.63, 3.8) is 0 Å². The molecule has 0 aliphatic carbocycles. The lowest BCUT2D eigenvalue weighted by atomic mass is 9.80. The molecule has 6 N–H and O–H groups in total. The van der Waals surface area contributed by atoms with Crippen LogP contribution in [-0.2, 0) is 84.8 Å². The van der Waals surface area contributed by atoms with Crippen LogP contribution in [0.15, 0.2) is 164 Å². The van der Waals surface area contributed by atoms with Crippen LogP contribution < -0.4 is 0 Å². The minimum Gasteiger partial charge on any atom is -0.507 e. The molecule has 0 unspecified atom stereocenters. The Morgan fingerprint density at radius 3 is 0.680 bits per heavy atom. The summed E-state index contributed by atoms with van der Waals surface area (Å²) in [6.07, 6.45) is 0. The maximum Gasteiger partial charge on any atom is 0.128 e. The number of phenolic OH excluding ortho intramolecular Hbond substituents is 6. The lowest BCUT2D eigenvalue weighted by Gasteiger charge is -2.33. The molecule has 0 amide bonds. The van der Waals surface area contributed by atoms with Crippen molar-refractivity contribution in [2.45, 2.75) is 222 Å². The highest BCUT2D eigenvalue weighted by molar-refractivity contribution is 5.82. The first-order valence-electron chi connectivity index (χ1n) is 34.7. The Kier molecular flexibility index (Phi) is 20.0. The lowest BCUT2D eigenvalue weighted by molar-refractivity contribution is 0.188. The van der Waals surface area contributed by atoms with Gasteiger partial charge in [-0.1, -0.05) is 252 Å². The van der Waals surface area contributed by atoms with E-state index in [0.717, 1.165) is 50.1 Å². The molecule has 0 saturated heterocycles. The number of hydrogen-bond acceptors (Lipinski definition) is 9. The molecule has 0 spiro atoms. The molecule has 0 aromatic heterocycles. The first-order chi connectivity index (χ1) is 45.2. The van der Waals surface area contributed by atoms with Crippen molar-refractivity contribution < 1.29 is 30.6 Å². The number of aromatic hydroxyl groups is 6. The Morgan fingerprint density at radius 2 is 0.474 bits per heavy atom. The molecule has 0 saturated carbocycles. The average molecular weight is 1300 g/mol. The Balaban J connectivity index is 1.31. The summed E-state index contributed by atoms with van der Waals surface area (Å²) < 4.78 is 0. The largest absolute Gasteiger partial charge is 0.507 e. The second-order valence-electron chi connectivity index (χ2n) is 33.9. The summed E-state index contributed by atoms with van der Waals surface area (Å²) in [6, 6.07) is 55.5. The first-order valence-corrected chi connectivity index (χ1v) is 34.7. The predicted molar refractivity (Wildman–Crippen MR) is 401 cm³/mol. The van der Waals surface area contributed by atoms with Gasteiger partial charge in [-0.15, -0.1) is 0 Å². The molecular formula is C88H107N3O6. The fourth-order valence-corrected chi connectivity index (χ4v) is 13.4. The summed E-state index contributed by atoms with van der Waals surface area (Å²) in [5.74, 6) is 0.304. The van der Waals surface area contributed by atoms with Crippen LogP contribution in [0.3, 0.4) is 0 Å². The van der Waals surface area contributed by atoms with E-state index in [1.807, 2.05) is 91.0 Å². The van der Waals surface area contributed by atoms with Gasteiger partial charge in [-0.05, 0) is 126 Å². The summed E-state index contributed by atoms with van der Waals surface area (Å²) in [6.45, 7) is 43.7. The van der Waals surface area contributed by atoms with E-state index in [-0.39, 0.29) is 79.8 Å². The molecule has 12 bridgehead atoms. The van der Waals surface area contributed by atoms with E-state index in [1.165, 1.54) is 0 Å². The molecule has 9 aromatic rings. The molecule has 9 nitrogen and oxygen atoms in total. The SMILES string of the molecule is C[C@@H](c1ccccc1)N1Cc2cc(C(C)(C)C)cc(c2O)-c2cc(C(C)(C)C)cc(c2O)CN(Cc2ccccc2)Cc2cc(C(C)(C)C)cc(c2O)-c2cc(C(C)(C)C)cc(c2O)CN(Cc2ccccc2)Cc2cc(C(C)(C)C)cc(c2O)-c2cc(C(C)(C)C)cc(c2O)C1. The second kappa shape index (κ2) is 27.2. The van der Waals surface area contributed by atoms with E-state index in [1.54, 1.807) is 0 Å². The van der Waals surface area contributed by atoms with E-state index >= 15 is 0 Å². The van der Waals surface area contributed by atoms with Gasteiger partial charge >= 0.3 is 0 Å². The zero-order chi connectivity index (χ0) is 70.6. The van der Waals surface area contributed by atoms with Gasteiger partial charge in [0.1, 0.15) is 34.5 Å². The second-order valence-corrected chi connectivity index (χ2v) is 33.9. The third-order valence-electron chi connectivity index (χ3n) is 19.9. The van der Waals surface area contributed by atoms with Gasteiger partial charge in [0.05, 0.1) is 0 Å². The van der Waals surface area contributed by atoms with Crippen molar-refractivity contribution in [1.29, 1.82) is 0 Å². The Labute approximate surface area is 579 Å². The van der Waals surface area contributed by atoms with Gasteiger partial charge in [-0.2, -0.15) is 0 Å². The summed E-state index contributed by atoms with van der Waals surface area (Å²) >= 11 is 0. The molecule has 1 heterocycles. The number of phenols is 6. The zero-order valence-electron chi connectivity index (χ0n) is 61.3. The normalized spacial score (nSPS) is 14.9. The number of nitrogens with zero attached hydrogens (tertiary/aromatic N) is 3. The van der Waals surface area contributed by atoms with Crippen molar-refractivity contribution in [3.05, 3.63) is 247 Å². The molecule has 1 aliphatic heterocycles. The van der Waals surface area contributed by atoms with Gasteiger partial charge < -0.3 is 30.6 Å². The van der Waals surface area contributed by atoms with Crippen molar-refractivity contribution >= 4 is 0 Å². The summed E-state index contributed by atoms with van der Waals surface area (Å²) in [5.41, 5.74) is 13.7. The maximum absolute atomic E-state index is 13.3. The Bertz CT molecular complexity index is 4060. The highest BCUT2D eigenvalue weighted by Gasteiger charge is 2.33. The fourth-order valence-electron chi connectivity index (χ4n) is 13.4. The minimum absolute atomic E-state index is 0.0496. The average Bonchev–Trinajstić information content (AvgIpc) is 0.797. The molecule has 0 radical (unpaired) electrons. The van der Waals surface area contributed by atoms with Crippen LogP contribution in [0.4, 0.5) is 0 Å². The van der Waals surface area contributed by atoms with Gasteiger partial charge in [0, 0.05) is 125 Å². The van der Waals surface area contributed by atoms with Gasteiger partial charge in [0.15, 0.2) is 0 Å². The molecule has 0 fully saturated rings. The smallest absolute Gasteiger partial charge is 0.128 e. The monoisotopic (exact) mass is 1300 g/mol. The molecule has 510 valence electrons. The van der Waals surface area contributed by atoms with E-state index in [0.29, 0.717) is 79.9 Å². The highest BCUT2D eigenvalue weighted by atomic mass is 16.3. The Hall–Kier alpha value is -8.34. The number of hydrogen-bond donors (Lipinski definition) is 6. The van der Waals surface area contributed by atoms with Crippen LogP contribution in [-0.4, -0.2) is 45.3 Å². The molecule has 10 rings (SSSR count). The highest BCUT2D eigenvalue weighted by Crippen LogP contribution is 2.50. The zero-order valence-corrected chi connectivity index (χ0v) is 61.3. The van der Waals surface area contributed by atoms with Gasteiger partial charge in [0.2, 0.25) is 0 Å². The van der Waals surface area contributed by atoms with Crippen LogP contribution >= 0.6 is 0 Å². The van der Waals surface area contributed by atoms with Crippen molar-refractivity contribution in [2.24, 2.45) is 0 Å². The third-order valence-corrected chi connectivity index (χ3v) is 19.9. The van der Waals surface area contributed by atoms with Crippen molar-refractivity contribution in [3.8, 4) is 67.9 Å². The van der Waals surface area contributed by atoms with Gasteiger partial charge in [-0.3, -0.25) is 14.7 Å². The summed E-state index contributed by atoms with van der Waals surface area (Å²) in [7, 11) is 0. The van der Waals surface area contributed by atoms with Gasteiger partial charge in [0.25, 0.3) is 0 Å². The van der Waals surface area contributed by atoms with Crippen molar-refractivity contribution in [1.82, 2.24) is 14.7 Å². The van der Waals surface area contributed by atoms with E-state index in [4.69, 9.17) is 0 Å². The number of fused-ring (bicyclic) bond motifs is 15. The Morgan fingerprint density at radius 1 is 0.278 bits per heavy atom. The van der Waals surface area contributed by atoms with Gasteiger partial charge in [-0.25, -0.2) is 0 Å². The van der Waals surface area contributed by atoms with Crippen LogP contribution in [0.1, 0.15) is 221 Å². The van der Waals surface area contributed by atoms with Crippen LogP contribution in [0.25, 0.3) is 33.4 Å². The predicted octanol–water partition coefficient (Wildman–Crippen LogP) is 21.2. The molecule has 1 atom stereocenters. The summed E-state index contributed by atoms with van der Waals surface area (Å²) in [5, 5.41) is 79.7. The van der Waals surface area contributed by atoms with Crippen LogP contribution in [0, 0.1) is 0 Å². The quantitative estimate of drug-likeness (QED) is 0.0963. The van der Waals surface area contributed by atoms with Crippen LogP contribution in [0.2, 0.25) is 0 Å². The fraction of sp³-hybridized carbons (Fsp3) is 0.386. The molecular weight excluding hydrogens is 1190 g/mol. The molecule has 97 heavy (non-hydrogen) atoms. The number of benzene rings is 9. The topological polar surface area (TPSA) is 131 Å². The van der Waals surface area contributed by atoms with Crippen LogP contribution in [0.5, 0.6) is 34.5 Å². The van der Waals surface area contributed by atoms with E-state index < -0.39 is 32.5 Å². The standard InChI is InChI=1S/C88H107N3O6/c1-55(58-33-27-22-28-34-58)91-53-63-39-69(87(14,15)16)45-75(81(63)96)73-43-67(85(8,9)10)37-61(79(73)94)51-89(47-56-29-23-20-24-30-56)49-59-35-65(83(2,3)4)41-71(77(59)92)72-42-66(84(5,6)7)36-60(78(72)93)50-90(48-57-31-25-21-26-32-57)52-62-38-68(86(11,12)13)44-74(80(62)95)76-46-70(88(17,18)19)40-64(54-91)82(76)97/h20-46,55,92-97H,47-54H2,1-19H3/t55-/m0/s1. The molecule has 1 aliphatic rings. The molecule has 9 aromatic carbocycles. The van der Waals surface area contributed by atoms with Crippen molar-refractivity contribution in [2.75, 3.05) is 0 Å². The molecule has 9 heteroatoms. The third kappa shape index (κ3) is 16.1.